The summed E-state index contributed by atoms with van der Waals surface area (Å²) in [6.45, 7) is 3.99. The largest absolute Gasteiger partial charge is 0.497 e. The number of fused-ring (bicyclic) bond motifs is 1. The molecule has 1 saturated heterocycles. The van der Waals surface area contributed by atoms with Gasteiger partial charge in [0.25, 0.3) is 5.91 Å². The predicted molar refractivity (Wildman–Crippen MR) is 133 cm³/mol. The van der Waals surface area contributed by atoms with Gasteiger partial charge < -0.3 is 9.64 Å². The van der Waals surface area contributed by atoms with Crippen LogP contribution in [-0.4, -0.2) is 43.0 Å². The molecule has 4 heteroatoms. The Morgan fingerprint density at radius 1 is 0.909 bits per heavy atom. The fourth-order valence-corrected chi connectivity index (χ4v) is 4.26. The lowest BCUT2D eigenvalue weighted by Crippen LogP contribution is -2.26. The maximum Gasteiger partial charge on any atom is 0.253 e. The molecule has 166 valence electrons. The average molecular weight is 437 g/mol. The lowest BCUT2D eigenvalue weighted by Gasteiger charge is -2.19. The van der Waals surface area contributed by atoms with Crippen LogP contribution in [-0.2, 0) is 13.1 Å². The molecule has 4 aromatic carbocycles. The van der Waals surface area contributed by atoms with Gasteiger partial charge in [-0.3, -0.25) is 9.69 Å². The molecule has 1 heterocycles. The number of benzene rings is 4. The number of carbonyl (C=O) groups excluding carboxylic acids is 1. The third kappa shape index (κ3) is 4.76. The van der Waals surface area contributed by atoms with E-state index in [0.717, 1.165) is 29.0 Å². The van der Waals surface area contributed by atoms with E-state index in [-0.39, 0.29) is 5.91 Å². The molecule has 0 atom stereocenters. The Bertz CT molecular complexity index is 1280. The first-order valence-electron chi connectivity index (χ1n) is 11.3. The molecule has 33 heavy (non-hydrogen) atoms. The standard InChI is InChI=1S/C29H28N2O2/c1-30(20-26-5-3-4-25-18-21(6-15-28(25)26)19-31-16-17-31)29(32)24-9-7-22(8-10-24)23-11-13-27(33-2)14-12-23/h3-15,18H,16-17,19-20H2,1-2H3. The minimum Gasteiger partial charge on any atom is -0.497 e. The van der Waals surface area contributed by atoms with Gasteiger partial charge in [0.15, 0.2) is 0 Å². The van der Waals surface area contributed by atoms with Gasteiger partial charge in [0, 0.05) is 38.8 Å². The van der Waals surface area contributed by atoms with Gasteiger partial charge in [-0.05, 0) is 63.4 Å². The van der Waals surface area contributed by atoms with Crippen LogP contribution in [0.1, 0.15) is 21.5 Å². The van der Waals surface area contributed by atoms with E-state index >= 15 is 0 Å². The van der Waals surface area contributed by atoms with Crippen LogP contribution >= 0.6 is 0 Å². The minimum absolute atomic E-state index is 0.0198. The molecule has 0 aliphatic carbocycles. The van der Waals surface area contributed by atoms with Gasteiger partial charge in [0.05, 0.1) is 7.11 Å². The number of methoxy groups -OCH3 is 1. The second-order valence-electron chi connectivity index (χ2n) is 8.72. The molecule has 0 bridgehead atoms. The van der Waals surface area contributed by atoms with E-state index < -0.39 is 0 Å². The zero-order valence-electron chi connectivity index (χ0n) is 19.1. The highest BCUT2D eigenvalue weighted by atomic mass is 16.5. The Labute approximate surface area is 195 Å². The normalized spacial score (nSPS) is 13.2. The first kappa shape index (κ1) is 21.2. The number of ether oxygens (including phenoxy) is 1. The van der Waals surface area contributed by atoms with E-state index in [9.17, 15) is 4.79 Å². The highest BCUT2D eigenvalue weighted by molar-refractivity contribution is 5.95. The van der Waals surface area contributed by atoms with E-state index in [1.807, 2.05) is 55.6 Å². The maximum absolute atomic E-state index is 13.1. The van der Waals surface area contributed by atoms with Crippen molar-refractivity contribution in [3.63, 3.8) is 0 Å². The van der Waals surface area contributed by atoms with E-state index in [1.54, 1.807) is 12.0 Å². The third-order valence-electron chi connectivity index (χ3n) is 6.29. The van der Waals surface area contributed by atoms with Crippen LogP contribution in [0.15, 0.2) is 84.9 Å². The second-order valence-corrected chi connectivity index (χ2v) is 8.72. The molecule has 1 fully saturated rings. The molecule has 0 aromatic heterocycles. The number of carbonyl (C=O) groups is 1. The van der Waals surface area contributed by atoms with Crippen LogP contribution in [0.3, 0.4) is 0 Å². The van der Waals surface area contributed by atoms with Gasteiger partial charge in [-0.25, -0.2) is 0 Å². The quantitative estimate of drug-likeness (QED) is 0.353. The SMILES string of the molecule is COc1ccc(-c2ccc(C(=O)N(C)Cc3cccc4cc(CN5CC5)ccc34)cc2)cc1. The van der Waals surface area contributed by atoms with E-state index in [1.165, 1.54) is 29.4 Å². The summed E-state index contributed by atoms with van der Waals surface area (Å²) in [4.78, 5) is 17.3. The average Bonchev–Trinajstić information content (AvgIpc) is 3.68. The van der Waals surface area contributed by atoms with Crippen LogP contribution in [0, 0.1) is 0 Å². The molecule has 0 radical (unpaired) electrons. The van der Waals surface area contributed by atoms with Gasteiger partial charge >= 0.3 is 0 Å². The fourth-order valence-electron chi connectivity index (χ4n) is 4.26. The van der Waals surface area contributed by atoms with Gasteiger partial charge in [-0.15, -0.1) is 0 Å². The summed E-state index contributed by atoms with van der Waals surface area (Å²) in [7, 11) is 3.53. The number of hydrogen-bond acceptors (Lipinski definition) is 3. The number of rotatable bonds is 7. The van der Waals surface area contributed by atoms with Crippen molar-refractivity contribution in [2.24, 2.45) is 0 Å². The lowest BCUT2D eigenvalue weighted by molar-refractivity contribution is 0.0785. The lowest BCUT2D eigenvalue weighted by atomic mass is 10.0. The maximum atomic E-state index is 13.1. The van der Waals surface area contributed by atoms with Gasteiger partial charge in [0.2, 0.25) is 0 Å². The number of amides is 1. The van der Waals surface area contributed by atoms with Crippen molar-refractivity contribution < 1.29 is 9.53 Å². The molecular formula is C29H28N2O2. The Kier molecular flexibility index (Phi) is 5.84. The summed E-state index contributed by atoms with van der Waals surface area (Å²) < 4.78 is 5.23. The topological polar surface area (TPSA) is 32.5 Å². The zero-order chi connectivity index (χ0) is 22.8. The monoisotopic (exact) mass is 436 g/mol. The molecule has 0 spiro atoms. The first-order valence-corrected chi connectivity index (χ1v) is 11.3. The van der Waals surface area contributed by atoms with Crippen LogP contribution in [0.5, 0.6) is 5.75 Å². The summed E-state index contributed by atoms with van der Waals surface area (Å²) in [5, 5.41) is 2.44. The third-order valence-corrected chi connectivity index (χ3v) is 6.29. The molecule has 0 N–H and O–H groups in total. The molecular weight excluding hydrogens is 408 g/mol. The van der Waals surface area contributed by atoms with Crippen LogP contribution < -0.4 is 4.74 Å². The number of nitrogens with zero attached hydrogens (tertiary/aromatic N) is 2. The zero-order valence-corrected chi connectivity index (χ0v) is 19.1. The molecule has 4 aromatic rings. The summed E-state index contributed by atoms with van der Waals surface area (Å²) in [5.74, 6) is 0.851. The molecule has 5 rings (SSSR count). The minimum atomic E-state index is 0.0198. The van der Waals surface area contributed by atoms with Crippen molar-refractivity contribution >= 4 is 16.7 Å². The number of hydrogen-bond donors (Lipinski definition) is 0. The van der Waals surface area contributed by atoms with Crippen molar-refractivity contribution in [2.45, 2.75) is 13.1 Å². The van der Waals surface area contributed by atoms with Gasteiger partial charge in [-0.2, -0.15) is 0 Å². The second kappa shape index (κ2) is 9.08. The van der Waals surface area contributed by atoms with Crippen molar-refractivity contribution in [3.8, 4) is 16.9 Å². The Hall–Kier alpha value is -3.63. The van der Waals surface area contributed by atoms with E-state index in [4.69, 9.17) is 4.74 Å². The Morgan fingerprint density at radius 2 is 1.61 bits per heavy atom. The summed E-state index contributed by atoms with van der Waals surface area (Å²) in [6, 6.07) is 28.8. The molecule has 1 amide bonds. The van der Waals surface area contributed by atoms with Crippen molar-refractivity contribution in [1.29, 1.82) is 0 Å². The van der Waals surface area contributed by atoms with Crippen molar-refractivity contribution in [2.75, 3.05) is 27.2 Å². The van der Waals surface area contributed by atoms with E-state index in [0.29, 0.717) is 12.1 Å². The summed E-state index contributed by atoms with van der Waals surface area (Å²) >= 11 is 0. The fraction of sp³-hybridized carbons (Fsp3) is 0.207. The molecule has 0 saturated carbocycles. The van der Waals surface area contributed by atoms with Crippen molar-refractivity contribution in [1.82, 2.24) is 9.80 Å². The van der Waals surface area contributed by atoms with Crippen LogP contribution in [0.2, 0.25) is 0 Å². The van der Waals surface area contributed by atoms with Gasteiger partial charge in [0.1, 0.15) is 5.75 Å². The molecule has 0 unspecified atom stereocenters. The molecule has 1 aliphatic heterocycles. The molecule has 1 aliphatic rings. The van der Waals surface area contributed by atoms with Gasteiger partial charge in [-0.1, -0.05) is 54.6 Å². The summed E-state index contributed by atoms with van der Waals surface area (Å²) in [6.07, 6.45) is 0. The smallest absolute Gasteiger partial charge is 0.253 e. The van der Waals surface area contributed by atoms with E-state index in [2.05, 4.69) is 41.3 Å². The Morgan fingerprint density at radius 3 is 2.27 bits per heavy atom. The van der Waals surface area contributed by atoms with Crippen LogP contribution in [0.4, 0.5) is 0 Å². The highest BCUT2D eigenvalue weighted by Gasteiger charge is 2.17. The highest BCUT2D eigenvalue weighted by Crippen LogP contribution is 2.25. The van der Waals surface area contributed by atoms with Crippen LogP contribution in [0.25, 0.3) is 21.9 Å². The predicted octanol–water partition coefficient (Wildman–Crippen LogP) is 5.60. The molecule has 4 nitrogen and oxygen atoms in total. The summed E-state index contributed by atoms with van der Waals surface area (Å²) in [5.41, 5.74) is 5.37. The first-order chi connectivity index (χ1) is 16.1. The Balaban J connectivity index is 1.30. The van der Waals surface area contributed by atoms with Crippen molar-refractivity contribution in [3.05, 3.63) is 102 Å².